The number of Topliss-reactive ketones (excluding diaryl/α,β-unsaturated/α-hetero) is 1. The molecule has 4 aromatic rings. The SMILES string of the molecule is O=C(O)c1cc(Cl)cc(Cl)c1CC(=O)c1cc(Cn2cc(C(F)(F)F)nn2)nn1-c1ncccc1Cl. The van der Waals surface area contributed by atoms with Gasteiger partial charge in [-0.2, -0.15) is 18.3 Å². The van der Waals surface area contributed by atoms with Crippen LogP contribution in [0.4, 0.5) is 13.2 Å². The standard InChI is InChI=1S/C21H12Cl3F3N6O3/c22-10-4-13(20(35)36)12(15(24)5-10)7-17(34)16-6-11(8-32-9-18(29-31-32)21(25,26)27)30-33(16)19-14(23)2-1-3-28-19/h1-6,9H,7-8H2,(H,35,36). The van der Waals surface area contributed by atoms with E-state index in [1.165, 1.54) is 30.5 Å². The maximum Gasteiger partial charge on any atom is 0.436 e. The van der Waals surface area contributed by atoms with E-state index in [-0.39, 0.29) is 49.9 Å². The Morgan fingerprint density at radius 1 is 1.08 bits per heavy atom. The van der Waals surface area contributed by atoms with Crippen molar-refractivity contribution in [3.63, 3.8) is 0 Å². The Kier molecular flexibility index (Phi) is 7.03. The lowest BCUT2D eigenvalue weighted by atomic mass is 10.0. The van der Waals surface area contributed by atoms with Crippen LogP contribution in [0.25, 0.3) is 5.82 Å². The number of carboxylic acid groups (broad SMARTS) is 1. The summed E-state index contributed by atoms with van der Waals surface area (Å²) >= 11 is 18.3. The molecule has 186 valence electrons. The van der Waals surface area contributed by atoms with Crippen molar-refractivity contribution in [3.8, 4) is 5.82 Å². The van der Waals surface area contributed by atoms with Gasteiger partial charge in [-0.1, -0.05) is 40.0 Å². The number of rotatable bonds is 7. The predicted octanol–water partition coefficient (Wildman–Crippen LogP) is 5.01. The molecule has 0 aliphatic carbocycles. The topological polar surface area (TPSA) is 116 Å². The number of carbonyl (C=O) groups excluding carboxylic acids is 1. The van der Waals surface area contributed by atoms with Crippen LogP contribution in [0.1, 0.15) is 37.8 Å². The zero-order valence-corrected chi connectivity index (χ0v) is 19.9. The number of ketones is 1. The first-order valence-electron chi connectivity index (χ1n) is 9.85. The molecule has 0 amide bonds. The van der Waals surface area contributed by atoms with Gasteiger partial charge in [-0.15, -0.1) is 5.10 Å². The molecule has 1 aromatic carbocycles. The van der Waals surface area contributed by atoms with Crippen LogP contribution in [-0.4, -0.2) is 46.6 Å². The smallest absolute Gasteiger partial charge is 0.436 e. The summed E-state index contributed by atoms with van der Waals surface area (Å²) in [6.07, 6.45) is -3.03. The number of hydrogen-bond donors (Lipinski definition) is 1. The Balaban J connectivity index is 1.75. The van der Waals surface area contributed by atoms with Crippen molar-refractivity contribution in [2.45, 2.75) is 19.1 Å². The molecule has 0 saturated heterocycles. The third kappa shape index (κ3) is 5.35. The highest BCUT2D eigenvalue weighted by molar-refractivity contribution is 6.36. The average Bonchev–Trinajstić information content (AvgIpc) is 3.43. The molecule has 4 rings (SSSR count). The first-order valence-corrected chi connectivity index (χ1v) is 11.0. The average molecular weight is 560 g/mol. The Labute approximate surface area is 215 Å². The second-order valence-electron chi connectivity index (χ2n) is 7.36. The van der Waals surface area contributed by atoms with Crippen molar-refractivity contribution in [3.05, 3.63) is 86.0 Å². The summed E-state index contributed by atoms with van der Waals surface area (Å²) in [7, 11) is 0. The van der Waals surface area contributed by atoms with Crippen molar-refractivity contribution in [2.24, 2.45) is 0 Å². The van der Waals surface area contributed by atoms with E-state index >= 15 is 0 Å². The molecule has 0 saturated carbocycles. The fraction of sp³-hybridized carbons (Fsp3) is 0.143. The van der Waals surface area contributed by atoms with Gasteiger partial charge in [0, 0.05) is 22.7 Å². The van der Waals surface area contributed by atoms with Gasteiger partial charge >= 0.3 is 12.1 Å². The molecular formula is C21H12Cl3F3N6O3. The van der Waals surface area contributed by atoms with E-state index in [1.807, 2.05) is 0 Å². The normalized spacial score (nSPS) is 11.6. The van der Waals surface area contributed by atoms with Gasteiger partial charge in [0.15, 0.2) is 17.3 Å². The molecule has 3 heterocycles. The van der Waals surface area contributed by atoms with Gasteiger partial charge < -0.3 is 5.11 Å². The van der Waals surface area contributed by atoms with Gasteiger partial charge in [-0.3, -0.25) is 4.79 Å². The molecule has 0 spiro atoms. The zero-order chi connectivity index (χ0) is 26.2. The summed E-state index contributed by atoms with van der Waals surface area (Å²) in [5.41, 5.74) is -1.36. The fourth-order valence-electron chi connectivity index (χ4n) is 3.30. The number of aromatic nitrogens is 6. The summed E-state index contributed by atoms with van der Waals surface area (Å²) < 4.78 is 40.6. The number of carbonyl (C=O) groups is 2. The molecule has 0 aliphatic heterocycles. The Hall–Kier alpha value is -3.48. The van der Waals surface area contributed by atoms with Crippen LogP contribution in [-0.2, 0) is 19.1 Å². The van der Waals surface area contributed by atoms with Gasteiger partial charge in [0.05, 0.1) is 29.0 Å². The third-order valence-corrected chi connectivity index (χ3v) is 5.72. The van der Waals surface area contributed by atoms with Gasteiger partial charge in [0.25, 0.3) is 0 Å². The minimum Gasteiger partial charge on any atom is -0.478 e. The number of benzene rings is 1. The molecule has 0 fully saturated rings. The number of hydrogen-bond acceptors (Lipinski definition) is 6. The molecule has 0 radical (unpaired) electrons. The molecule has 0 atom stereocenters. The number of halogens is 6. The number of pyridine rings is 1. The molecule has 0 unspecified atom stereocenters. The number of aromatic carboxylic acids is 1. The van der Waals surface area contributed by atoms with E-state index in [0.29, 0.717) is 6.20 Å². The highest BCUT2D eigenvalue weighted by Gasteiger charge is 2.34. The van der Waals surface area contributed by atoms with E-state index in [2.05, 4.69) is 20.4 Å². The second-order valence-corrected chi connectivity index (χ2v) is 8.61. The maximum absolute atomic E-state index is 13.3. The largest absolute Gasteiger partial charge is 0.478 e. The van der Waals surface area contributed by atoms with Crippen LogP contribution in [0.5, 0.6) is 0 Å². The highest BCUT2D eigenvalue weighted by atomic mass is 35.5. The van der Waals surface area contributed by atoms with Crippen LogP contribution < -0.4 is 0 Å². The van der Waals surface area contributed by atoms with Gasteiger partial charge in [0.2, 0.25) is 0 Å². The van der Waals surface area contributed by atoms with Crippen molar-refractivity contribution in [1.82, 2.24) is 29.8 Å². The van der Waals surface area contributed by atoms with E-state index in [1.54, 1.807) is 6.07 Å². The van der Waals surface area contributed by atoms with E-state index in [0.717, 1.165) is 9.36 Å². The summed E-state index contributed by atoms with van der Waals surface area (Å²) in [6, 6.07) is 6.84. The lowest BCUT2D eigenvalue weighted by Crippen LogP contribution is -2.15. The maximum atomic E-state index is 13.3. The monoisotopic (exact) mass is 558 g/mol. The molecule has 0 bridgehead atoms. The predicted molar refractivity (Wildman–Crippen MR) is 122 cm³/mol. The Morgan fingerprint density at radius 3 is 2.47 bits per heavy atom. The van der Waals surface area contributed by atoms with Crippen LogP contribution in [0.2, 0.25) is 15.1 Å². The fourth-order valence-corrected chi connectivity index (χ4v) is 4.06. The van der Waals surface area contributed by atoms with E-state index < -0.39 is 30.0 Å². The van der Waals surface area contributed by atoms with Crippen LogP contribution >= 0.6 is 34.8 Å². The van der Waals surface area contributed by atoms with Gasteiger partial charge in [-0.25, -0.2) is 19.1 Å². The number of alkyl halides is 3. The summed E-state index contributed by atoms with van der Waals surface area (Å²) in [6.45, 7) is -0.261. The molecule has 3 aromatic heterocycles. The molecule has 9 nitrogen and oxygen atoms in total. The Bertz CT molecular complexity index is 1490. The lowest BCUT2D eigenvalue weighted by molar-refractivity contribution is -0.141. The number of carboxylic acids is 1. The van der Waals surface area contributed by atoms with Crippen LogP contribution in [0.15, 0.2) is 42.7 Å². The lowest BCUT2D eigenvalue weighted by Gasteiger charge is -2.10. The van der Waals surface area contributed by atoms with E-state index in [4.69, 9.17) is 34.8 Å². The summed E-state index contributed by atoms with van der Waals surface area (Å²) in [5.74, 6) is -1.88. The minimum atomic E-state index is -4.68. The second kappa shape index (κ2) is 9.88. The molecule has 0 aliphatic rings. The third-order valence-electron chi connectivity index (χ3n) is 4.87. The molecular weight excluding hydrogens is 548 g/mol. The molecule has 36 heavy (non-hydrogen) atoms. The summed E-state index contributed by atoms with van der Waals surface area (Å²) in [5, 5.41) is 20.5. The first-order chi connectivity index (χ1) is 16.9. The van der Waals surface area contributed by atoms with E-state index in [9.17, 15) is 27.9 Å². The van der Waals surface area contributed by atoms with Gasteiger partial charge in [-0.05, 0) is 35.9 Å². The highest BCUT2D eigenvalue weighted by Crippen LogP contribution is 2.29. The molecule has 1 N–H and O–H groups in total. The van der Waals surface area contributed by atoms with Gasteiger partial charge in [0.1, 0.15) is 5.69 Å². The van der Waals surface area contributed by atoms with Crippen molar-refractivity contribution in [2.75, 3.05) is 0 Å². The van der Waals surface area contributed by atoms with Crippen molar-refractivity contribution < 1.29 is 27.9 Å². The van der Waals surface area contributed by atoms with Crippen molar-refractivity contribution in [1.29, 1.82) is 0 Å². The molecule has 15 heteroatoms. The van der Waals surface area contributed by atoms with Crippen molar-refractivity contribution >= 4 is 46.6 Å². The minimum absolute atomic E-state index is 0.0195. The van der Waals surface area contributed by atoms with Crippen LogP contribution in [0, 0.1) is 0 Å². The zero-order valence-electron chi connectivity index (χ0n) is 17.7. The first kappa shape index (κ1) is 25.6. The Morgan fingerprint density at radius 2 is 1.83 bits per heavy atom. The number of nitrogens with zero attached hydrogens (tertiary/aromatic N) is 6. The van der Waals surface area contributed by atoms with Crippen LogP contribution in [0.3, 0.4) is 0 Å². The quantitative estimate of drug-likeness (QED) is 0.317. The summed E-state index contributed by atoms with van der Waals surface area (Å²) in [4.78, 5) is 29.1.